The Bertz CT molecular complexity index is 236. The molecule has 92 valence electrons. The molecule has 0 aliphatic heterocycles. The van der Waals surface area contributed by atoms with Gasteiger partial charge in [0, 0.05) is 5.25 Å². The fraction of sp³-hybridized carbons (Fsp3) is 1.00. The Balaban J connectivity index is 4.18. The molecule has 0 heterocycles. The van der Waals surface area contributed by atoms with Gasteiger partial charge in [-0.15, -0.1) is 0 Å². The van der Waals surface area contributed by atoms with Crippen LogP contribution >= 0.6 is 7.82 Å². The Kier molecular flexibility index (Phi) is 7.60. The summed E-state index contributed by atoms with van der Waals surface area (Å²) in [6.45, 7) is 4.85. The monoisotopic (exact) mass is 259 g/mol. The molecule has 0 saturated carbocycles. The third kappa shape index (κ3) is 6.40. The summed E-state index contributed by atoms with van der Waals surface area (Å²) in [6.07, 6.45) is 0. The van der Waals surface area contributed by atoms with Crippen LogP contribution in [0.3, 0.4) is 0 Å². The summed E-state index contributed by atoms with van der Waals surface area (Å²) >= 11 is -2.26. The molecule has 0 aromatic rings. The largest absolute Gasteiger partial charge is 0.772 e. The van der Waals surface area contributed by atoms with Crippen LogP contribution in [0.25, 0.3) is 0 Å². The Hall–Kier alpha value is 0.220. The Morgan fingerprint density at radius 1 is 1.27 bits per heavy atom. The van der Waals surface area contributed by atoms with Crippen LogP contribution in [0.1, 0.15) is 20.8 Å². The zero-order chi connectivity index (χ0) is 11.9. The highest BCUT2D eigenvalue weighted by Crippen LogP contribution is 2.49. The topological polar surface area (TPSA) is 84.9 Å². The van der Waals surface area contributed by atoms with E-state index in [0.717, 1.165) is 0 Å². The summed E-state index contributed by atoms with van der Waals surface area (Å²) in [6, 6.07) is 0. The van der Waals surface area contributed by atoms with Gasteiger partial charge >= 0.3 is 7.82 Å². The van der Waals surface area contributed by atoms with Crippen molar-refractivity contribution in [3.8, 4) is 0 Å². The standard InChI is InChI=1S/C7H17O6PS/c1-4-11-14(8,12-5-2)13-6-7(3)15(9)10/h7H,4-6H2,1-3H3,(H,9,10)/p-1. The SMILES string of the molecule is CCOP(=O)(OCC)OCC(C)S(=O)[O-]. The van der Waals surface area contributed by atoms with E-state index < -0.39 is 24.2 Å². The molecule has 0 amide bonds. The van der Waals surface area contributed by atoms with E-state index in [-0.39, 0.29) is 19.8 Å². The van der Waals surface area contributed by atoms with Crippen molar-refractivity contribution in [2.75, 3.05) is 19.8 Å². The molecule has 2 atom stereocenters. The van der Waals surface area contributed by atoms with Gasteiger partial charge in [-0.3, -0.25) is 17.8 Å². The van der Waals surface area contributed by atoms with Gasteiger partial charge in [0.05, 0.1) is 19.8 Å². The lowest BCUT2D eigenvalue weighted by molar-refractivity contribution is 0.122. The average molecular weight is 259 g/mol. The van der Waals surface area contributed by atoms with Crippen molar-refractivity contribution in [2.24, 2.45) is 0 Å². The zero-order valence-electron chi connectivity index (χ0n) is 9.00. The van der Waals surface area contributed by atoms with Crippen LogP contribution in [0.2, 0.25) is 0 Å². The average Bonchev–Trinajstić information content (AvgIpc) is 2.15. The summed E-state index contributed by atoms with van der Waals surface area (Å²) in [4.78, 5) is 0. The minimum absolute atomic E-state index is 0.173. The normalized spacial score (nSPS) is 16.3. The smallest absolute Gasteiger partial charge is 0.474 e. The summed E-state index contributed by atoms with van der Waals surface area (Å²) in [5.41, 5.74) is 0. The first-order chi connectivity index (χ1) is 6.95. The molecular weight excluding hydrogens is 243 g/mol. The number of phosphoric ester groups is 1. The van der Waals surface area contributed by atoms with Crippen LogP contribution in [-0.2, 0) is 29.2 Å². The van der Waals surface area contributed by atoms with Crippen molar-refractivity contribution in [2.45, 2.75) is 26.0 Å². The maximum absolute atomic E-state index is 11.7. The fourth-order valence-electron chi connectivity index (χ4n) is 0.680. The van der Waals surface area contributed by atoms with Crippen LogP contribution in [0.5, 0.6) is 0 Å². The maximum atomic E-state index is 11.7. The Morgan fingerprint density at radius 2 is 1.73 bits per heavy atom. The second-order valence-corrected chi connectivity index (χ2v) is 5.64. The molecular formula is C7H16O6PS-. The van der Waals surface area contributed by atoms with Crippen molar-refractivity contribution in [1.29, 1.82) is 0 Å². The van der Waals surface area contributed by atoms with Crippen LogP contribution in [0.4, 0.5) is 0 Å². The van der Waals surface area contributed by atoms with Gasteiger partial charge in [-0.25, -0.2) is 4.57 Å². The zero-order valence-corrected chi connectivity index (χ0v) is 10.7. The van der Waals surface area contributed by atoms with Crippen LogP contribution < -0.4 is 0 Å². The van der Waals surface area contributed by atoms with Crippen LogP contribution in [0.15, 0.2) is 0 Å². The molecule has 0 bridgehead atoms. The number of hydrogen-bond donors (Lipinski definition) is 0. The second-order valence-electron chi connectivity index (χ2n) is 2.65. The molecule has 0 aliphatic carbocycles. The molecule has 2 unspecified atom stereocenters. The quantitative estimate of drug-likeness (QED) is 0.484. The van der Waals surface area contributed by atoms with Gasteiger partial charge in [0.2, 0.25) is 0 Å². The molecule has 15 heavy (non-hydrogen) atoms. The van der Waals surface area contributed by atoms with Gasteiger partial charge in [0.1, 0.15) is 0 Å². The predicted octanol–water partition coefficient (Wildman–Crippen LogP) is 1.45. The Morgan fingerprint density at radius 3 is 2.07 bits per heavy atom. The minimum atomic E-state index is -3.59. The highest BCUT2D eigenvalue weighted by atomic mass is 32.2. The molecule has 0 fully saturated rings. The van der Waals surface area contributed by atoms with Crippen molar-refractivity contribution < 1.29 is 26.9 Å². The number of rotatable bonds is 8. The van der Waals surface area contributed by atoms with Gasteiger partial charge < -0.3 is 4.55 Å². The van der Waals surface area contributed by atoms with E-state index in [1.54, 1.807) is 13.8 Å². The van der Waals surface area contributed by atoms with Gasteiger partial charge in [-0.05, 0) is 20.8 Å². The number of phosphoric acid groups is 1. The van der Waals surface area contributed by atoms with Crippen LogP contribution in [-0.4, -0.2) is 33.8 Å². The summed E-state index contributed by atoms with van der Waals surface area (Å²) in [5.74, 6) is 0. The molecule has 0 saturated heterocycles. The van der Waals surface area contributed by atoms with E-state index in [0.29, 0.717) is 0 Å². The summed E-state index contributed by atoms with van der Waals surface area (Å²) < 4.78 is 47.1. The first-order valence-corrected chi connectivity index (χ1v) is 7.16. The van der Waals surface area contributed by atoms with Crippen molar-refractivity contribution in [3.63, 3.8) is 0 Å². The molecule has 0 rings (SSSR count). The lowest BCUT2D eigenvalue weighted by Crippen LogP contribution is -2.17. The van der Waals surface area contributed by atoms with E-state index in [1.807, 2.05) is 0 Å². The first-order valence-electron chi connectivity index (χ1n) is 4.57. The van der Waals surface area contributed by atoms with Gasteiger partial charge in [-0.1, -0.05) is 11.1 Å². The summed E-state index contributed by atoms with van der Waals surface area (Å²) in [5, 5.41) is -0.751. The molecule has 0 spiro atoms. The highest BCUT2D eigenvalue weighted by Gasteiger charge is 2.26. The molecule has 8 heteroatoms. The van der Waals surface area contributed by atoms with E-state index >= 15 is 0 Å². The fourth-order valence-corrected chi connectivity index (χ4v) is 2.22. The van der Waals surface area contributed by atoms with Crippen molar-refractivity contribution >= 4 is 18.9 Å². The molecule has 0 aliphatic rings. The number of hydrogen-bond acceptors (Lipinski definition) is 6. The predicted molar refractivity (Wildman–Crippen MR) is 55.2 cm³/mol. The van der Waals surface area contributed by atoms with E-state index in [9.17, 15) is 13.3 Å². The lowest BCUT2D eigenvalue weighted by atomic mass is 10.5. The minimum Gasteiger partial charge on any atom is -0.772 e. The first kappa shape index (κ1) is 15.2. The summed E-state index contributed by atoms with van der Waals surface area (Å²) in [7, 11) is -3.59. The molecule has 6 nitrogen and oxygen atoms in total. The van der Waals surface area contributed by atoms with E-state index in [1.165, 1.54) is 6.92 Å². The van der Waals surface area contributed by atoms with Gasteiger partial charge in [0.15, 0.2) is 0 Å². The maximum Gasteiger partial charge on any atom is 0.474 e. The third-order valence-corrected chi connectivity index (χ3v) is 3.78. The van der Waals surface area contributed by atoms with Crippen molar-refractivity contribution in [3.05, 3.63) is 0 Å². The molecule has 0 radical (unpaired) electrons. The Labute approximate surface area is 92.2 Å². The van der Waals surface area contributed by atoms with Gasteiger partial charge in [-0.2, -0.15) is 0 Å². The third-order valence-electron chi connectivity index (χ3n) is 1.37. The van der Waals surface area contributed by atoms with E-state index in [2.05, 4.69) is 0 Å². The second kappa shape index (κ2) is 7.49. The lowest BCUT2D eigenvalue weighted by Gasteiger charge is -2.19. The molecule has 0 aromatic carbocycles. The van der Waals surface area contributed by atoms with Crippen LogP contribution in [0, 0.1) is 0 Å². The van der Waals surface area contributed by atoms with Crippen molar-refractivity contribution in [1.82, 2.24) is 0 Å². The van der Waals surface area contributed by atoms with Gasteiger partial charge in [0.25, 0.3) is 0 Å². The molecule has 0 N–H and O–H groups in total. The highest BCUT2D eigenvalue weighted by molar-refractivity contribution is 7.79. The van der Waals surface area contributed by atoms with E-state index in [4.69, 9.17) is 13.6 Å². The molecule has 0 aromatic heterocycles.